The van der Waals surface area contributed by atoms with Crippen molar-refractivity contribution >= 4 is 16.7 Å². The summed E-state index contributed by atoms with van der Waals surface area (Å²) in [5.41, 5.74) is 0.893. The minimum atomic E-state index is -0.00357. The summed E-state index contributed by atoms with van der Waals surface area (Å²) in [5.74, 6) is 0.797. The Morgan fingerprint density at radius 2 is 2.27 bits per heavy atom. The Kier molecular flexibility index (Phi) is 2.41. The van der Waals surface area contributed by atoms with Crippen LogP contribution in [0.1, 0.15) is 6.92 Å². The molecule has 2 heterocycles. The zero-order valence-electron chi connectivity index (χ0n) is 8.82. The summed E-state index contributed by atoms with van der Waals surface area (Å²) in [6.45, 7) is 2.83. The summed E-state index contributed by atoms with van der Waals surface area (Å²) in [7, 11) is 1.76. The molecule has 0 saturated heterocycles. The second-order valence-electron chi connectivity index (χ2n) is 3.39. The van der Waals surface area contributed by atoms with Crippen LogP contribution in [-0.4, -0.2) is 16.1 Å². The number of nitrogens with one attached hydrogen (secondary N) is 1. The molecule has 0 unspecified atom stereocenters. The number of nitrogens with zero attached hydrogens (tertiary/aromatic N) is 2. The van der Waals surface area contributed by atoms with Crippen LogP contribution in [0.2, 0.25) is 0 Å². The first-order valence-electron chi connectivity index (χ1n) is 4.92. The number of aromatic nitrogens is 2. The number of hydrogen-bond donors (Lipinski definition) is 1. The van der Waals surface area contributed by atoms with Crippen LogP contribution in [0.4, 0.5) is 5.82 Å². The molecule has 0 aliphatic heterocycles. The van der Waals surface area contributed by atoms with Gasteiger partial charge in [-0.15, -0.1) is 0 Å². The van der Waals surface area contributed by atoms with Crippen LogP contribution >= 0.6 is 0 Å². The molecule has 0 atom stereocenters. The highest BCUT2D eigenvalue weighted by Gasteiger charge is 2.00. The first-order chi connectivity index (χ1) is 7.22. The van der Waals surface area contributed by atoms with Gasteiger partial charge < -0.3 is 9.88 Å². The average Bonchev–Trinajstić information content (AvgIpc) is 2.25. The number of rotatable bonds is 2. The van der Waals surface area contributed by atoms with Crippen molar-refractivity contribution in [3.63, 3.8) is 0 Å². The van der Waals surface area contributed by atoms with Crippen molar-refractivity contribution in [3.8, 4) is 0 Å². The van der Waals surface area contributed by atoms with E-state index in [1.807, 2.05) is 13.0 Å². The fourth-order valence-electron chi connectivity index (χ4n) is 1.54. The van der Waals surface area contributed by atoms with E-state index in [1.165, 1.54) is 0 Å². The summed E-state index contributed by atoms with van der Waals surface area (Å²) in [6, 6.07) is 5.23. The normalized spacial score (nSPS) is 10.5. The quantitative estimate of drug-likeness (QED) is 0.801. The van der Waals surface area contributed by atoms with E-state index in [0.717, 1.165) is 23.3 Å². The van der Waals surface area contributed by atoms with Crippen LogP contribution < -0.4 is 10.9 Å². The fraction of sp³-hybridized carbons (Fsp3) is 0.273. The summed E-state index contributed by atoms with van der Waals surface area (Å²) in [5, 5.41) is 4.09. The van der Waals surface area contributed by atoms with Crippen molar-refractivity contribution in [2.24, 2.45) is 7.05 Å². The molecule has 0 bridgehead atoms. The summed E-state index contributed by atoms with van der Waals surface area (Å²) >= 11 is 0. The molecule has 4 heteroatoms. The molecular weight excluding hydrogens is 190 g/mol. The van der Waals surface area contributed by atoms with Crippen LogP contribution in [0, 0.1) is 0 Å². The third kappa shape index (κ3) is 1.70. The predicted molar refractivity (Wildman–Crippen MR) is 61.1 cm³/mol. The highest BCUT2D eigenvalue weighted by Crippen LogP contribution is 2.13. The van der Waals surface area contributed by atoms with Crippen molar-refractivity contribution < 1.29 is 0 Å². The molecule has 0 fully saturated rings. The Morgan fingerprint density at radius 3 is 3.00 bits per heavy atom. The Hall–Kier alpha value is -1.84. The second-order valence-corrected chi connectivity index (χ2v) is 3.39. The molecule has 15 heavy (non-hydrogen) atoms. The third-order valence-electron chi connectivity index (χ3n) is 2.37. The SMILES string of the molecule is CCNc1cc2c(ccc(=O)n2C)cn1. The Morgan fingerprint density at radius 1 is 1.47 bits per heavy atom. The Balaban J connectivity index is 2.68. The van der Waals surface area contributed by atoms with Gasteiger partial charge in [0, 0.05) is 37.3 Å². The van der Waals surface area contributed by atoms with Crippen molar-refractivity contribution in [2.75, 3.05) is 11.9 Å². The zero-order chi connectivity index (χ0) is 10.8. The van der Waals surface area contributed by atoms with Crippen molar-refractivity contribution in [3.05, 3.63) is 34.7 Å². The molecule has 2 rings (SSSR count). The van der Waals surface area contributed by atoms with Crippen molar-refractivity contribution in [2.45, 2.75) is 6.92 Å². The monoisotopic (exact) mass is 203 g/mol. The molecule has 0 spiro atoms. The topological polar surface area (TPSA) is 46.9 Å². The van der Waals surface area contributed by atoms with Gasteiger partial charge in [0.1, 0.15) is 5.82 Å². The van der Waals surface area contributed by atoms with Crippen LogP contribution in [-0.2, 0) is 7.05 Å². The summed E-state index contributed by atoms with van der Waals surface area (Å²) in [4.78, 5) is 15.7. The van der Waals surface area contributed by atoms with Gasteiger partial charge >= 0.3 is 0 Å². The molecule has 1 N–H and O–H groups in total. The number of fused-ring (bicyclic) bond motifs is 1. The van der Waals surface area contributed by atoms with Gasteiger partial charge in [0.2, 0.25) is 0 Å². The highest BCUT2D eigenvalue weighted by molar-refractivity contribution is 5.80. The van der Waals surface area contributed by atoms with E-state index in [0.29, 0.717) is 0 Å². The van der Waals surface area contributed by atoms with Crippen LogP contribution in [0.25, 0.3) is 10.9 Å². The van der Waals surface area contributed by atoms with Gasteiger partial charge in [0.25, 0.3) is 5.56 Å². The molecule has 2 aromatic rings. The van der Waals surface area contributed by atoms with Crippen LogP contribution in [0.3, 0.4) is 0 Å². The molecule has 2 aromatic heterocycles. The lowest BCUT2D eigenvalue weighted by Gasteiger charge is -2.06. The molecule has 0 aromatic carbocycles. The molecule has 0 radical (unpaired) electrons. The van der Waals surface area contributed by atoms with Crippen molar-refractivity contribution in [1.29, 1.82) is 0 Å². The lowest BCUT2D eigenvalue weighted by atomic mass is 10.2. The van der Waals surface area contributed by atoms with Gasteiger partial charge in [-0.3, -0.25) is 4.79 Å². The number of aryl methyl sites for hydroxylation is 1. The van der Waals surface area contributed by atoms with Gasteiger partial charge in [-0.05, 0) is 13.0 Å². The van der Waals surface area contributed by atoms with E-state index in [2.05, 4.69) is 10.3 Å². The maximum absolute atomic E-state index is 11.4. The van der Waals surface area contributed by atoms with Crippen molar-refractivity contribution in [1.82, 2.24) is 9.55 Å². The van der Waals surface area contributed by atoms with Gasteiger partial charge in [-0.2, -0.15) is 0 Å². The van der Waals surface area contributed by atoms with E-state index in [4.69, 9.17) is 0 Å². The lowest BCUT2D eigenvalue weighted by molar-refractivity contribution is 0.904. The summed E-state index contributed by atoms with van der Waals surface area (Å²) in [6.07, 6.45) is 1.77. The maximum Gasteiger partial charge on any atom is 0.250 e. The van der Waals surface area contributed by atoms with E-state index >= 15 is 0 Å². The summed E-state index contributed by atoms with van der Waals surface area (Å²) < 4.78 is 1.62. The number of hydrogen-bond acceptors (Lipinski definition) is 3. The zero-order valence-corrected chi connectivity index (χ0v) is 8.82. The minimum Gasteiger partial charge on any atom is -0.370 e. The second kappa shape index (κ2) is 3.73. The van der Waals surface area contributed by atoms with Gasteiger partial charge in [-0.25, -0.2) is 4.98 Å². The van der Waals surface area contributed by atoms with E-state index in [1.54, 1.807) is 29.9 Å². The number of pyridine rings is 2. The fourth-order valence-corrected chi connectivity index (χ4v) is 1.54. The van der Waals surface area contributed by atoms with Crippen LogP contribution in [0.5, 0.6) is 0 Å². The smallest absolute Gasteiger partial charge is 0.250 e. The first-order valence-corrected chi connectivity index (χ1v) is 4.92. The average molecular weight is 203 g/mol. The largest absolute Gasteiger partial charge is 0.370 e. The number of anilines is 1. The molecular formula is C11H13N3O. The molecule has 0 saturated carbocycles. The Bertz CT molecular complexity index is 545. The standard InChI is InChI=1S/C11H13N3O/c1-3-12-10-6-9-8(7-13-10)4-5-11(15)14(9)2/h4-7H,3H2,1-2H3,(H,12,13). The molecule has 0 aliphatic rings. The van der Waals surface area contributed by atoms with E-state index in [-0.39, 0.29) is 5.56 Å². The molecule has 78 valence electrons. The minimum absolute atomic E-state index is 0.00357. The van der Waals surface area contributed by atoms with Gasteiger partial charge in [-0.1, -0.05) is 0 Å². The first kappa shape index (κ1) is 9.71. The highest BCUT2D eigenvalue weighted by atomic mass is 16.1. The molecule has 4 nitrogen and oxygen atoms in total. The Labute approximate surface area is 87.6 Å². The third-order valence-corrected chi connectivity index (χ3v) is 2.37. The van der Waals surface area contributed by atoms with Gasteiger partial charge in [0.05, 0.1) is 5.52 Å². The predicted octanol–water partition coefficient (Wildman–Crippen LogP) is 1.37. The van der Waals surface area contributed by atoms with E-state index in [9.17, 15) is 4.79 Å². The molecule has 0 aliphatic carbocycles. The molecule has 0 amide bonds. The lowest BCUT2D eigenvalue weighted by Crippen LogP contribution is -2.15. The van der Waals surface area contributed by atoms with Crippen LogP contribution in [0.15, 0.2) is 29.2 Å². The van der Waals surface area contributed by atoms with Gasteiger partial charge in [0.15, 0.2) is 0 Å². The van der Waals surface area contributed by atoms with E-state index < -0.39 is 0 Å². The maximum atomic E-state index is 11.4.